The first-order valence-corrected chi connectivity index (χ1v) is 21.3. The predicted octanol–water partition coefficient (Wildman–Crippen LogP) is 12.7. The summed E-state index contributed by atoms with van der Waals surface area (Å²) in [7, 11) is 3.47. The van der Waals surface area contributed by atoms with E-state index in [9.17, 15) is 0 Å². The fourth-order valence-corrected chi connectivity index (χ4v) is 9.25. The highest BCUT2D eigenvalue weighted by molar-refractivity contribution is 5.53. The Morgan fingerprint density at radius 1 is 0.217 bits per heavy atom. The summed E-state index contributed by atoms with van der Waals surface area (Å²) < 4.78 is 11.8. The van der Waals surface area contributed by atoms with Crippen molar-refractivity contribution in [2.24, 2.45) is 0 Å². The van der Waals surface area contributed by atoms with Crippen LogP contribution in [-0.2, 0) is 51.4 Å². The first kappa shape index (κ1) is 38.9. The van der Waals surface area contributed by atoms with Gasteiger partial charge in [-0.2, -0.15) is 0 Å². The third-order valence-corrected chi connectivity index (χ3v) is 12.6. The first-order valence-electron chi connectivity index (χ1n) is 21.3. The van der Waals surface area contributed by atoms with Crippen LogP contribution in [0.1, 0.15) is 89.0 Å². The molecule has 0 unspecified atom stereocenters. The Morgan fingerprint density at radius 2 is 0.350 bits per heavy atom. The molecule has 2 heteroatoms. The summed E-state index contributed by atoms with van der Waals surface area (Å²) in [6.07, 6.45) is 6.88. The van der Waals surface area contributed by atoms with Gasteiger partial charge in [-0.3, -0.25) is 0 Å². The molecule has 0 saturated carbocycles. The first-order chi connectivity index (χ1) is 29.6. The highest BCUT2D eigenvalue weighted by Crippen LogP contribution is 2.35. The van der Waals surface area contributed by atoms with Crippen LogP contribution >= 0.6 is 0 Å². The second-order valence-corrected chi connectivity index (χ2v) is 16.3. The van der Waals surface area contributed by atoms with Gasteiger partial charge in [-0.05, 0) is 153 Å². The average Bonchev–Trinajstić information content (AvgIpc) is 3.28. The summed E-state index contributed by atoms with van der Waals surface area (Å²) in [4.78, 5) is 0. The van der Waals surface area contributed by atoms with Crippen LogP contribution in [0.2, 0.25) is 0 Å². The maximum Gasteiger partial charge on any atom is 0.161 e. The highest BCUT2D eigenvalue weighted by atomic mass is 16.5. The van der Waals surface area contributed by atoms with Crippen LogP contribution in [0, 0.1) is 0 Å². The van der Waals surface area contributed by atoms with Crippen LogP contribution in [0.4, 0.5) is 0 Å². The fourth-order valence-electron chi connectivity index (χ4n) is 9.25. The number of benzene rings is 8. The third kappa shape index (κ3) is 8.70. The number of hydrogen-bond acceptors (Lipinski definition) is 2. The number of methoxy groups -OCH3 is 2. The van der Waals surface area contributed by atoms with E-state index >= 15 is 0 Å². The second kappa shape index (κ2) is 18.1. The lowest BCUT2D eigenvalue weighted by Gasteiger charge is -2.19. The van der Waals surface area contributed by atoms with E-state index in [-0.39, 0.29) is 0 Å². The number of rotatable bonds is 2. The number of fused-ring (bicyclic) bond motifs is 8. The Bertz CT molecular complexity index is 2570. The van der Waals surface area contributed by atoms with Gasteiger partial charge < -0.3 is 9.47 Å². The van der Waals surface area contributed by atoms with Crippen LogP contribution in [0.25, 0.3) is 0 Å². The van der Waals surface area contributed by atoms with Gasteiger partial charge in [0.05, 0.1) is 14.2 Å². The van der Waals surface area contributed by atoms with Crippen LogP contribution in [0.3, 0.4) is 0 Å². The molecule has 0 spiro atoms. The molecule has 60 heavy (non-hydrogen) atoms. The molecule has 8 aromatic carbocycles. The van der Waals surface area contributed by atoms with Gasteiger partial charge in [0.2, 0.25) is 0 Å². The van der Waals surface area contributed by atoms with Gasteiger partial charge in [0.15, 0.2) is 11.5 Å². The maximum atomic E-state index is 5.92. The summed E-state index contributed by atoms with van der Waals surface area (Å²) in [6.45, 7) is 0. The molecule has 0 bridgehead atoms. The summed E-state index contributed by atoms with van der Waals surface area (Å²) >= 11 is 0. The molecule has 0 amide bonds. The smallest absolute Gasteiger partial charge is 0.161 e. The molecule has 296 valence electrons. The molecular weight excluding hydrogens is 729 g/mol. The predicted molar refractivity (Wildman–Crippen MR) is 247 cm³/mol. The zero-order chi connectivity index (χ0) is 40.7. The molecule has 2 nitrogen and oxygen atoms in total. The summed E-state index contributed by atoms with van der Waals surface area (Å²) in [5, 5.41) is 0. The topological polar surface area (TPSA) is 18.5 Å². The maximum absolute atomic E-state index is 5.92. The molecule has 0 saturated heterocycles. The molecule has 1 aliphatic rings. The van der Waals surface area contributed by atoms with E-state index in [1.54, 1.807) is 14.2 Å². The van der Waals surface area contributed by atoms with E-state index in [1.807, 2.05) is 0 Å². The monoisotopic (exact) mass is 780 g/mol. The second-order valence-electron chi connectivity index (χ2n) is 16.3. The minimum atomic E-state index is 0.760. The van der Waals surface area contributed by atoms with Gasteiger partial charge in [0.25, 0.3) is 0 Å². The standard InChI is InChI=1S/C58H52O2/c1-59-57-39-55-37-53-29-15-13-27-51(53)35-49-25-11-9-23-47(49)33-45-21-7-5-19-43(45)31-41-17-3-4-18-42(41)32-44-20-6-8-22-46(44)34-48-24-10-12-26-50(48)36-52-28-14-16-30-54(52)38-56(55)40-58(57)60-2/h3-30,39-40H,31-38H2,1-2H3. The molecule has 0 atom stereocenters. The SMILES string of the molecule is COc1cc2c(cc1OC)Cc1ccccc1Cc1ccccc1Cc1ccccc1Cc1ccccc1Cc1ccccc1Cc1ccccc1Cc1ccccc1C2. The van der Waals surface area contributed by atoms with Gasteiger partial charge in [-0.15, -0.1) is 0 Å². The van der Waals surface area contributed by atoms with E-state index < -0.39 is 0 Å². The average molecular weight is 781 g/mol. The lowest BCUT2D eigenvalue weighted by molar-refractivity contribution is 0.354. The normalized spacial score (nSPS) is 13.0. The molecule has 1 aliphatic carbocycles. The molecule has 8 aromatic rings. The zero-order valence-electron chi connectivity index (χ0n) is 34.8. The summed E-state index contributed by atoms with van der Waals surface area (Å²) in [6, 6.07) is 67.6. The van der Waals surface area contributed by atoms with Crippen molar-refractivity contribution in [2.45, 2.75) is 51.4 Å². The minimum absolute atomic E-state index is 0.760. The molecule has 0 N–H and O–H groups in total. The Labute approximate surface area is 356 Å². The summed E-state index contributed by atoms with van der Waals surface area (Å²) in [5.74, 6) is 1.52. The van der Waals surface area contributed by atoms with Crippen molar-refractivity contribution in [1.29, 1.82) is 0 Å². The largest absolute Gasteiger partial charge is 0.493 e. The van der Waals surface area contributed by atoms with Crippen molar-refractivity contribution < 1.29 is 9.47 Å². The van der Waals surface area contributed by atoms with E-state index in [1.165, 1.54) is 89.0 Å². The van der Waals surface area contributed by atoms with Crippen molar-refractivity contribution in [3.8, 4) is 11.5 Å². The Hall–Kier alpha value is -6.64. The van der Waals surface area contributed by atoms with Gasteiger partial charge in [-0.1, -0.05) is 170 Å². The lowest BCUT2D eigenvalue weighted by Crippen LogP contribution is -2.06. The molecule has 0 fully saturated rings. The van der Waals surface area contributed by atoms with E-state index in [2.05, 4.69) is 182 Å². The lowest BCUT2D eigenvalue weighted by atomic mass is 9.86. The van der Waals surface area contributed by atoms with Crippen LogP contribution in [-0.4, -0.2) is 14.2 Å². The van der Waals surface area contributed by atoms with Crippen molar-refractivity contribution >= 4 is 0 Å². The van der Waals surface area contributed by atoms with Gasteiger partial charge in [0, 0.05) is 0 Å². The van der Waals surface area contributed by atoms with Crippen molar-refractivity contribution in [1.82, 2.24) is 0 Å². The fraction of sp³-hybridized carbons (Fsp3) is 0.172. The van der Waals surface area contributed by atoms with Crippen LogP contribution in [0.5, 0.6) is 11.5 Å². The van der Waals surface area contributed by atoms with Gasteiger partial charge >= 0.3 is 0 Å². The van der Waals surface area contributed by atoms with Crippen LogP contribution in [0.15, 0.2) is 182 Å². The zero-order valence-corrected chi connectivity index (χ0v) is 34.8. The highest BCUT2D eigenvalue weighted by Gasteiger charge is 2.18. The number of ether oxygens (including phenoxy) is 2. The Kier molecular flexibility index (Phi) is 11.7. The summed E-state index contributed by atoms with van der Waals surface area (Å²) in [5.41, 5.74) is 21.7. The van der Waals surface area contributed by atoms with Crippen molar-refractivity contribution in [2.75, 3.05) is 14.2 Å². The van der Waals surface area contributed by atoms with Gasteiger partial charge in [0.1, 0.15) is 0 Å². The van der Waals surface area contributed by atoms with Crippen molar-refractivity contribution in [3.05, 3.63) is 271 Å². The number of hydrogen-bond donors (Lipinski definition) is 0. The molecule has 0 aromatic heterocycles. The molecule has 0 heterocycles. The van der Waals surface area contributed by atoms with Gasteiger partial charge in [-0.25, -0.2) is 0 Å². The quantitative estimate of drug-likeness (QED) is 0.174. The molecule has 0 radical (unpaired) electrons. The van der Waals surface area contributed by atoms with Crippen LogP contribution < -0.4 is 9.47 Å². The molecule has 0 aliphatic heterocycles. The molecular formula is C58H52O2. The van der Waals surface area contributed by atoms with E-state index in [0.29, 0.717) is 0 Å². The van der Waals surface area contributed by atoms with E-state index in [0.717, 1.165) is 62.9 Å². The molecule has 9 rings (SSSR count). The minimum Gasteiger partial charge on any atom is -0.493 e. The third-order valence-electron chi connectivity index (χ3n) is 12.6. The van der Waals surface area contributed by atoms with E-state index in [4.69, 9.17) is 9.47 Å². The Morgan fingerprint density at radius 3 is 0.483 bits per heavy atom. The Balaban J connectivity index is 1.18. The van der Waals surface area contributed by atoms with Crippen molar-refractivity contribution in [3.63, 3.8) is 0 Å².